The molecular formula is C6H7LiO4S. The molecule has 0 aliphatic carbocycles. The van der Waals surface area contributed by atoms with Gasteiger partial charge in [-0.05, 0) is 24.3 Å². The number of phenols is 1. The van der Waals surface area contributed by atoms with Crippen molar-refractivity contribution < 1.29 is 18.1 Å². The molecule has 0 bridgehead atoms. The van der Waals surface area contributed by atoms with Crippen LogP contribution in [0.25, 0.3) is 0 Å². The first kappa shape index (κ1) is 11.5. The molecule has 12 heavy (non-hydrogen) atoms. The van der Waals surface area contributed by atoms with Gasteiger partial charge in [0, 0.05) is 0 Å². The van der Waals surface area contributed by atoms with Crippen molar-refractivity contribution in [2.24, 2.45) is 0 Å². The molecule has 0 aromatic heterocycles. The van der Waals surface area contributed by atoms with Gasteiger partial charge >= 0.3 is 18.9 Å². The van der Waals surface area contributed by atoms with E-state index in [4.69, 9.17) is 9.66 Å². The molecule has 4 nitrogen and oxygen atoms in total. The van der Waals surface area contributed by atoms with Gasteiger partial charge in [0.25, 0.3) is 10.1 Å². The Balaban J connectivity index is 0.00000121. The van der Waals surface area contributed by atoms with E-state index in [2.05, 4.69) is 0 Å². The van der Waals surface area contributed by atoms with E-state index >= 15 is 0 Å². The average Bonchev–Trinajstić information content (AvgIpc) is 1.86. The van der Waals surface area contributed by atoms with Crippen LogP contribution in [-0.4, -0.2) is 36.9 Å². The van der Waals surface area contributed by atoms with Crippen molar-refractivity contribution in [3.05, 3.63) is 24.3 Å². The number of rotatable bonds is 1. The monoisotopic (exact) mass is 182 g/mol. The fourth-order valence-electron chi connectivity index (χ4n) is 0.618. The second-order valence-corrected chi connectivity index (χ2v) is 3.39. The minimum absolute atomic E-state index is 0. The molecule has 0 saturated heterocycles. The van der Waals surface area contributed by atoms with Crippen LogP contribution >= 0.6 is 0 Å². The van der Waals surface area contributed by atoms with Crippen molar-refractivity contribution in [1.82, 2.24) is 0 Å². The standard InChI is InChI=1S/C6H6O4S.Li.H/c7-5-1-3-6(4-2-5)11(8,9)10;;/h1-4,7H,(H,8,9,10);;. The molecule has 62 valence electrons. The van der Waals surface area contributed by atoms with Crippen LogP contribution in [0.5, 0.6) is 5.75 Å². The third kappa shape index (κ3) is 2.87. The van der Waals surface area contributed by atoms with Gasteiger partial charge in [-0.1, -0.05) is 0 Å². The van der Waals surface area contributed by atoms with Crippen LogP contribution < -0.4 is 0 Å². The Bertz CT molecular complexity index is 342. The molecule has 0 aliphatic rings. The van der Waals surface area contributed by atoms with Gasteiger partial charge in [0.15, 0.2) is 0 Å². The molecule has 1 rings (SSSR count). The normalized spacial score (nSPS) is 10.4. The van der Waals surface area contributed by atoms with Crippen LogP contribution in [0.3, 0.4) is 0 Å². The summed E-state index contributed by atoms with van der Waals surface area (Å²) in [7, 11) is -4.13. The molecule has 0 radical (unpaired) electrons. The van der Waals surface area contributed by atoms with Gasteiger partial charge < -0.3 is 5.11 Å². The summed E-state index contributed by atoms with van der Waals surface area (Å²) < 4.78 is 29.3. The number of phenolic OH excluding ortho intramolecular Hbond substituents is 1. The number of benzene rings is 1. The maximum atomic E-state index is 10.4. The molecule has 0 fully saturated rings. The summed E-state index contributed by atoms with van der Waals surface area (Å²) in [5.41, 5.74) is 0. The average molecular weight is 182 g/mol. The zero-order valence-corrected chi connectivity index (χ0v) is 6.25. The summed E-state index contributed by atoms with van der Waals surface area (Å²) in [5.74, 6) is -0.0441. The van der Waals surface area contributed by atoms with E-state index in [1.54, 1.807) is 0 Å². The summed E-state index contributed by atoms with van der Waals surface area (Å²) in [6.45, 7) is 0. The topological polar surface area (TPSA) is 74.6 Å². The Hall–Kier alpha value is -0.473. The van der Waals surface area contributed by atoms with Crippen molar-refractivity contribution in [3.8, 4) is 5.75 Å². The van der Waals surface area contributed by atoms with Crippen LogP contribution in [0, 0.1) is 0 Å². The van der Waals surface area contributed by atoms with Gasteiger partial charge in [-0.2, -0.15) is 8.42 Å². The zero-order chi connectivity index (χ0) is 8.48. The Kier molecular flexibility index (Phi) is 3.81. The van der Waals surface area contributed by atoms with E-state index in [0.29, 0.717) is 0 Å². The van der Waals surface area contributed by atoms with E-state index < -0.39 is 10.1 Å². The predicted octanol–water partition coefficient (Wildman–Crippen LogP) is -0.00960. The molecule has 1 aromatic rings. The van der Waals surface area contributed by atoms with E-state index in [9.17, 15) is 8.42 Å². The molecule has 0 spiro atoms. The maximum absolute atomic E-state index is 10.4. The van der Waals surface area contributed by atoms with Crippen molar-refractivity contribution in [2.75, 3.05) is 0 Å². The van der Waals surface area contributed by atoms with Crippen molar-refractivity contribution in [2.45, 2.75) is 4.90 Å². The molecule has 6 heteroatoms. The third-order valence-corrected chi connectivity index (χ3v) is 2.00. The molecule has 0 saturated carbocycles. The minimum atomic E-state index is -4.13. The number of hydrogen-bond acceptors (Lipinski definition) is 3. The molecule has 0 amide bonds. The van der Waals surface area contributed by atoms with E-state index in [1.165, 1.54) is 12.1 Å². The fraction of sp³-hybridized carbons (Fsp3) is 0. The summed E-state index contributed by atoms with van der Waals surface area (Å²) in [6.07, 6.45) is 0. The quantitative estimate of drug-likeness (QED) is 0.473. The van der Waals surface area contributed by atoms with Gasteiger partial charge in [0.2, 0.25) is 0 Å². The summed E-state index contributed by atoms with van der Waals surface area (Å²) in [6, 6.07) is 4.60. The Morgan fingerprint density at radius 3 is 1.83 bits per heavy atom. The SMILES string of the molecule is O=S(=O)(O)c1ccc(O)cc1.[LiH]. The zero-order valence-electron chi connectivity index (χ0n) is 5.43. The molecular weight excluding hydrogens is 175 g/mol. The van der Waals surface area contributed by atoms with Crippen LogP contribution in [0.15, 0.2) is 29.2 Å². The van der Waals surface area contributed by atoms with Crippen LogP contribution in [0.1, 0.15) is 0 Å². The summed E-state index contributed by atoms with van der Waals surface area (Å²) in [5, 5.41) is 8.75. The molecule has 0 heterocycles. The molecule has 0 unspecified atom stereocenters. The molecule has 1 aromatic carbocycles. The van der Waals surface area contributed by atoms with Crippen LogP contribution in [0.2, 0.25) is 0 Å². The van der Waals surface area contributed by atoms with E-state index in [0.717, 1.165) is 12.1 Å². The fourth-order valence-corrected chi connectivity index (χ4v) is 1.10. The summed E-state index contributed by atoms with van der Waals surface area (Å²) >= 11 is 0. The van der Waals surface area contributed by atoms with E-state index in [1.807, 2.05) is 0 Å². The third-order valence-electron chi connectivity index (χ3n) is 1.13. The first-order valence-corrected chi connectivity index (χ1v) is 4.21. The Labute approximate surface area is 82.2 Å². The second kappa shape index (κ2) is 3.96. The number of aromatic hydroxyl groups is 1. The van der Waals surface area contributed by atoms with Gasteiger partial charge in [-0.15, -0.1) is 0 Å². The van der Waals surface area contributed by atoms with Gasteiger partial charge in [-0.25, -0.2) is 0 Å². The Morgan fingerprint density at radius 1 is 1.08 bits per heavy atom. The summed E-state index contributed by atoms with van der Waals surface area (Å²) in [4.78, 5) is -0.227. The van der Waals surface area contributed by atoms with Crippen molar-refractivity contribution in [1.29, 1.82) is 0 Å². The first-order chi connectivity index (χ1) is 5.00. The molecule has 2 N–H and O–H groups in total. The molecule has 0 atom stereocenters. The van der Waals surface area contributed by atoms with E-state index in [-0.39, 0.29) is 29.5 Å². The first-order valence-electron chi connectivity index (χ1n) is 2.77. The van der Waals surface area contributed by atoms with Gasteiger partial charge in [-0.3, -0.25) is 4.55 Å². The van der Waals surface area contributed by atoms with Crippen LogP contribution in [0.4, 0.5) is 0 Å². The van der Waals surface area contributed by atoms with Gasteiger partial charge in [0.1, 0.15) is 5.75 Å². The second-order valence-electron chi connectivity index (χ2n) is 1.97. The van der Waals surface area contributed by atoms with Crippen molar-refractivity contribution in [3.63, 3.8) is 0 Å². The molecule has 0 aliphatic heterocycles. The Morgan fingerprint density at radius 2 is 1.50 bits per heavy atom. The predicted molar refractivity (Wildman–Crippen MR) is 45.1 cm³/mol. The van der Waals surface area contributed by atoms with Crippen molar-refractivity contribution >= 4 is 29.0 Å². The number of hydrogen-bond donors (Lipinski definition) is 2. The van der Waals surface area contributed by atoms with Gasteiger partial charge in [0.05, 0.1) is 4.90 Å². The van der Waals surface area contributed by atoms with Crippen LogP contribution in [-0.2, 0) is 10.1 Å².